The molecular formula is C43H65NO9. The van der Waals surface area contributed by atoms with Gasteiger partial charge in [0.25, 0.3) is 0 Å². The minimum Gasteiger partial charge on any atom is -0.497 e. The SMILES string of the molecule is COc1ccc(OC)c(NC(=O)CC(=O)O[C@@H]2CC[C@]3(C)[C@H]4C[C@@H](OC(C)=O)[C@@H]5[C@@H]([C@]6(C)CC[C@H](C(C)(C)O)O6)CC[C@@]5(C)[C@]4(C)CC[C@H]3C2(C)C)c1. The van der Waals surface area contributed by atoms with Crippen LogP contribution in [-0.2, 0) is 28.6 Å². The fourth-order valence-corrected chi connectivity index (χ4v) is 13.0. The standard InChI is InChI=1S/C43H65NO9/c1-25(45)51-30-23-32-40(6)18-16-33(52-36(47)24-35(46)44-28-22-26(49-10)12-13-29(28)50-11)38(2,3)31(40)15-20-41(32,7)42(8)19-14-27(37(30)42)43(9)21-17-34(53-43)39(4,5)48/h12-13,22,27,30-34,37,48H,14-21,23-24H2,1-11H3,(H,44,46)/t27-,30+,31-,32+,33+,34+,37-,40-,41+,42+,43-/m0/s1. The van der Waals surface area contributed by atoms with Crippen LogP contribution in [0.3, 0.4) is 0 Å². The van der Waals surface area contributed by atoms with Crippen LogP contribution in [0.1, 0.15) is 127 Å². The second kappa shape index (κ2) is 13.7. The molecule has 1 aliphatic heterocycles. The van der Waals surface area contributed by atoms with Gasteiger partial charge in [-0.15, -0.1) is 0 Å². The number of carbonyl (C=O) groups is 3. The summed E-state index contributed by atoms with van der Waals surface area (Å²) in [7, 11) is 3.06. The molecule has 4 aliphatic carbocycles. The quantitative estimate of drug-likeness (QED) is 0.192. The van der Waals surface area contributed by atoms with E-state index in [1.165, 1.54) is 14.0 Å². The largest absolute Gasteiger partial charge is 0.497 e. The highest BCUT2D eigenvalue weighted by Crippen LogP contribution is 2.76. The number of nitrogens with one attached hydrogen (secondary N) is 1. The Hall–Kier alpha value is -2.85. The predicted molar refractivity (Wildman–Crippen MR) is 201 cm³/mol. The molecule has 6 rings (SSSR count). The molecule has 1 aromatic rings. The fourth-order valence-electron chi connectivity index (χ4n) is 13.0. The van der Waals surface area contributed by atoms with Crippen LogP contribution in [0, 0.1) is 45.3 Å². The van der Waals surface area contributed by atoms with Crippen molar-refractivity contribution in [1.82, 2.24) is 0 Å². The Morgan fingerprint density at radius 2 is 1.58 bits per heavy atom. The van der Waals surface area contributed by atoms with Gasteiger partial charge < -0.3 is 34.1 Å². The molecule has 1 heterocycles. The second-order valence-corrected chi connectivity index (χ2v) is 19.3. The summed E-state index contributed by atoms with van der Waals surface area (Å²) in [6.45, 7) is 19.4. The smallest absolute Gasteiger partial charge is 0.315 e. The van der Waals surface area contributed by atoms with Gasteiger partial charge in [-0.3, -0.25) is 14.4 Å². The van der Waals surface area contributed by atoms with Crippen LogP contribution >= 0.6 is 0 Å². The summed E-state index contributed by atoms with van der Waals surface area (Å²) < 4.78 is 30.0. The third-order valence-corrected chi connectivity index (χ3v) is 15.8. The zero-order valence-corrected chi connectivity index (χ0v) is 34.1. The van der Waals surface area contributed by atoms with Gasteiger partial charge in [0.05, 0.1) is 37.2 Å². The Kier molecular flexibility index (Phi) is 10.3. The van der Waals surface area contributed by atoms with Crippen LogP contribution in [0.15, 0.2) is 18.2 Å². The molecule has 0 spiro atoms. The van der Waals surface area contributed by atoms with E-state index in [1.54, 1.807) is 25.3 Å². The number of aliphatic hydroxyl groups is 1. The number of ether oxygens (including phenoxy) is 5. The maximum absolute atomic E-state index is 13.3. The van der Waals surface area contributed by atoms with Gasteiger partial charge in [-0.2, -0.15) is 0 Å². The van der Waals surface area contributed by atoms with Crippen molar-refractivity contribution < 1.29 is 43.2 Å². The van der Waals surface area contributed by atoms with Crippen molar-refractivity contribution >= 4 is 23.5 Å². The van der Waals surface area contributed by atoms with E-state index in [2.05, 4.69) is 46.9 Å². The fraction of sp³-hybridized carbons (Fsp3) is 0.791. The van der Waals surface area contributed by atoms with Gasteiger partial charge in [-0.25, -0.2) is 0 Å². The number of hydrogen-bond acceptors (Lipinski definition) is 9. The highest BCUT2D eigenvalue weighted by molar-refractivity contribution is 6.02. The van der Waals surface area contributed by atoms with E-state index in [9.17, 15) is 19.5 Å². The van der Waals surface area contributed by atoms with Gasteiger partial charge >= 0.3 is 11.9 Å². The summed E-state index contributed by atoms with van der Waals surface area (Å²) >= 11 is 0. The van der Waals surface area contributed by atoms with Gasteiger partial charge in [0.1, 0.15) is 30.1 Å². The molecule has 11 atom stereocenters. The summed E-state index contributed by atoms with van der Waals surface area (Å²) in [5, 5.41) is 13.7. The van der Waals surface area contributed by atoms with Gasteiger partial charge in [0.2, 0.25) is 5.91 Å². The lowest BCUT2D eigenvalue weighted by Crippen LogP contribution is -2.67. The Morgan fingerprint density at radius 3 is 2.21 bits per heavy atom. The average molecular weight is 740 g/mol. The van der Waals surface area contributed by atoms with Crippen molar-refractivity contribution in [2.45, 2.75) is 156 Å². The third kappa shape index (κ3) is 6.65. The number of hydrogen-bond donors (Lipinski definition) is 2. The van der Waals surface area contributed by atoms with E-state index >= 15 is 0 Å². The average Bonchev–Trinajstić information content (AvgIpc) is 3.66. The molecule has 4 saturated carbocycles. The van der Waals surface area contributed by atoms with Gasteiger partial charge in [-0.1, -0.05) is 34.6 Å². The van der Waals surface area contributed by atoms with Crippen LogP contribution in [0.25, 0.3) is 0 Å². The summed E-state index contributed by atoms with van der Waals surface area (Å²) in [6.07, 6.45) is 7.05. The lowest BCUT2D eigenvalue weighted by molar-refractivity contribution is -0.254. The number of esters is 2. The highest BCUT2D eigenvalue weighted by atomic mass is 16.6. The molecule has 1 amide bonds. The van der Waals surface area contributed by atoms with Crippen molar-refractivity contribution in [2.75, 3.05) is 19.5 Å². The lowest BCUT2D eigenvalue weighted by atomic mass is 9.35. The minimum atomic E-state index is -0.914. The van der Waals surface area contributed by atoms with Crippen molar-refractivity contribution in [3.05, 3.63) is 18.2 Å². The molecule has 5 aliphatic rings. The summed E-state index contributed by atoms with van der Waals surface area (Å²) in [5.41, 5.74) is -1.34. The molecule has 1 saturated heterocycles. The molecule has 1 aromatic carbocycles. The highest BCUT2D eigenvalue weighted by Gasteiger charge is 2.72. The first-order chi connectivity index (χ1) is 24.6. The minimum absolute atomic E-state index is 0.0117. The first-order valence-electron chi connectivity index (χ1n) is 19.9. The van der Waals surface area contributed by atoms with Crippen LogP contribution in [0.5, 0.6) is 11.5 Å². The number of fused-ring (bicyclic) bond motifs is 5. The molecule has 296 valence electrons. The molecule has 0 bridgehead atoms. The monoisotopic (exact) mass is 739 g/mol. The lowest BCUT2D eigenvalue weighted by Gasteiger charge is -2.70. The molecule has 10 nitrogen and oxygen atoms in total. The summed E-state index contributed by atoms with van der Waals surface area (Å²) in [6, 6.07) is 5.10. The molecule has 53 heavy (non-hydrogen) atoms. The van der Waals surface area contributed by atoms with E-state index in [0.29, 0.717) is 29.5 Å². The zero-order valence-electron chi connectivity index (χ0n) is 34.1. The number of amides is 1. The first-order valence-corrected chi connectivity index (χ1v) is 19.9. The van der Waals surface area contributed by atoms with Gasteiger partial charge in [-0.05, 0) is 125 Å². The van der Waals surface area contributed by atoms with Crippen molar-refractivity contribution in [3.8, 4) is 11.5 Å². The second-order valence-electron chi connectivity index (χ2n) is 19.3. The first kappa shape index (κ1) is 39.8. The van der Waals surface area contributed by atoms with E-state index in [-0.39, 0.29) is 63.7 Å². The number of carbonyl (C=O) groups excluding carboxylic acids is 3. The molecule has 0 aromatic heterocycles. The molecule has 5 fully saturated rings. The van der Waals surface area contributed by atoms with Crippen LogP contribution in [0.2, 0.25) is 0 Å². The number of rotatable bonds is 9. The molecule has 0 unspecified atom stereocenters. The third-order valence-electron chi connectivity index (χ3n) is 15.8. The van der Waals surface area contributed by atoms with Crippen LogP contribution < -0.4 is 14.8 Å². The van der Waals surface area contributed by atoms with Gasteiger partial charge in [0.15, 0.2) is 0 Å². The van der Waals surface area contributed by atoms with Gasteiger partial charge in [0, 0.05) is 24.3 Å². The number of methoxy groups -OCH3 is 2. The Balaban J connectivity index is 1.20. The molecule has 0 radical (unpaired) electrons. The Bertz CT molecular complexity index is 1590. The predicted octanol–water partition coefficient (Wildman–Crippen LogP) is 7.88. The van der Waals surface area contributed by atoms with Crippen molar-refractivity contribution in [1.29, 1.82) is 0 Å². The number of benzene rings is 1. The summed E-state index contributed by atoms with van der Waals surface area (Å²) in [5.74, 6) is 0.738. The Labute approximate surface area is 316 Å². The maximum atomic E-state index is 13.3. The van der Waals surface area contributed by atoms with E-state index in [0.717, 1.165) is 51.4 Å². The zero-order chi connectivity index (χ0) is 38.9. The van der Waals surface area contributed by atoms with E-state index in [4.69, 9.17) is 23.7 Å². The van der Waals surface area contributed by atoms with E-state index < -0.39 is 29.5 Å². The normalized spacial score (nSPS) is 40.3. The van der Waals surface area contributed by atoms with Crippen molar-refractivity contribution in [2.24, 2.45) is 45.3 Å². The molecule has 10 heteroatoms. The van der Waals surface area contributed by atoms with Crippen molar-refractivity contribution in [3.63, 3.8) is 0 Å². The summed E-state index contributed by atoms with van der Waals surface area (Å²) in [4.78, 5) is 39.2. The molecular weight excluding hydrogens is 674 g/mol. The van der Waals surface area contributed by atoms with Crippen LogP contribution in [0.4, 0.5) is 5.69 Å². The topological polar surface area (TPSA) is 130 Å². The maximum Gasteiger partial charge on any atom is 0.315 e. The van der Waals surface area contributed by atoms with Crippen LogP contribution in [-0.4, -0.2) is 66.7 Å². The molecule has 2 N–H and O–H groups in total. The Morgan fingerprint density at radius 1 is 0.887 bits per heavy atom. The number of anilines is 1. The van der Waals surface area contributed by atoms with E-state index in [1.807, 2.05) is 13.8 Å².